The number of para-hydroxylation sites is 1. The number of fused-ring (bicyclic) bond motifs is 1. The van der Waals surface area contributed by atoms with Crippen molar-refractivity contribution < 1.29 is 4.79 Å². The lowest BCUT2D eigenvalue weighted by Crippen LogP contribution is -2.33. The molecule has 150 valence electrons. The molecule has 0 aliphatic heterocycles. The molecular formula is C22H18ClN5O2. The van der Waals surface area contributed by atoms with Crippen LogP contribution in [0.4, 0.5) is 5.82 Å². The molecule has 4 aromatic rings. The largest absolute Gasteiger partial charge is 0.382 e. The van der Waals surface area contributed by atoms with Crippen LogP contribution in [0.1, 0.15) is 29.1 Å². The smallest absolute Gasteiger partial charge is 0.274 e. The Labute approximate surface area is 177 Å². The molecule has 7 nitrogen and oxygen atoms in total. The van der Waals surface area contributed by atoms with Crippen molar-refractivity contribution in [1.29, 1.82) is 0 Å². The van der Waals surface area contributed by atoms with Gasteiger partial charge >= 0.3 is 0 Å². The molecule has 0 aliphatic rings. The van der Waals surface area contributed by atoms with Gasteiger partial charge in [0, 0.05) is 23.8 Å². The standard InChI is InChI=1S/C22H18ClN5O2/c1-13(27-21(29)19-20(24)26-11-10-25-19)17-12-14-6-5-9-16(23)18(14)22(30)28(17)15-7-3-2-4-8-15/h2-13H,1H3,(H2,24,26)(H,27,29). The topological polar surface area (TPSA) is 103 Å². The maximum Gasteiger partial charge on any atom is 0.274 e. The summed E-state index contributed by atoms with van der Waals surface area (Å²) >= 11 is 6.32. The maximum absolute atomic E-state index is 13.4. The summed E-state index contributed by atoms with van der Waals surface area (Å²) in [5.74, 6) is -0.445. The maximum atomic E-state index is 13.4. The van der Waals surface area contributed by atoms with Crippen LogP contribution in [-0.4, -0.2) is 20.4 Å². The van der Waals surface area contributed by atoms with Gasteiger partial charge in [-0.05, 0) is 36.6 Å². The monoisotopic (exact) mass is 419 g/mol. The number of carbonyl (C=O) groups excluding carboxylic acids is 1. The summed E-state index contributed by atoms with van der Waals surface area (Å²) in [6.07, 6.45) is 2.81. The number of amides is 1. The third-order valence-corrected chi connectivity index (χ3v) is 5.09. The molecule has 0 fully saturated rings. The Morgan fingerprint density at radius 1 is 1.10 bits per heavy atom. The summed E-state index contributed by atoms with van der Waals surface area (Å²) in [5.41, 5.74) is 6.79. The predicted molar refractivity (Wildman–Crippen MR) is 117 cm³/mol. The molecule has 0 bridgehead atoms. The van der Waals surface area contributed by atoms with Crippen molar-refractivity contribution in [2.24, 2.45) is 0 Å². The highest BCUT2D eigenvalue weighted by atomic mass is 35.5. The average molecular weight is 420 g/mol. The van der Waals surface area contributed by atoms with Gasteiger partial charge in [0.05, 0.1) is 16.5 Å². The van der Waals surface area contributed by atoms with E-state index in [1.807, 2.05) is 42.5 Å². The molecule has 2 aromatic heterocycles. The van der Waals surface area contributed by atoms with Crippen LogP contribution in [0, 0.1) is 0 Å². The van der Waals surface area contributed by atoms with E-state index >= 15 is 0 Å². The van der Waals surface area contributed by atoms with Gasteiger partial charge < -0.3 is 11.1 Å². The second kappa shape index (κ2) is 7.96. The van der Waals surface area contributed by atoms with Crippen LogP contribution in [0.15, 0.2) is 71.8 Å². The number of nitrogens with one attached hydrogen (secondary N) is 1. The second-order valence-electron chi connectivity index (χ2n) is 6.73. The minimum Gasteiger partial charge on any atom is -0.382 e. The summed E-state index contributed by atoms with van der Waals surface area (Å²) in [5, 5.41) is 4.34. The number of nitrogens with two attached hydrogens (primary N) is 1. The molecule has 0 radical (unpaired) electrons. The number of hydrogen-bond acceptors (Lipinski definition) is 5. The molecule has 30 heavy (non-hydrogen) atoms. The lowest BCUT2D eigenvalue weighted by molar-refractivity contribution is 0.0934. The van der Waals surface area contributed by atoms with E-state index in [1.165, 1.54) is 12.4 Å². The number of rotatable bonds is 4. The SMILES string of the molecule is CC(NC(=O)c1nccnc1N)c1cc2cccc(Cl)c2c(=O)n1-c1ccccc1. The normalized spacial score (nSPS) is 11.9. The van der Waals surface area contributed by atoms with Crippen LogP contribution in [0.25, 0.3) is 16.5 Å². The van der Waals surface area contributed by atoms with Gasteiger partial charge in [0.1, 0.15) is 0 Å². The second-order valence-corrected chi connectivity index (χ2v) is 7.14. The Kier molecular flexibility index (Phi) is 5.20. The molecule has 8 heteroatoms. The first-order chi connectivity index (χ1) is 14.5. The molecule has 2 heterocycles. The Hall–Kier alpha value is -3.71. The molecule has 1 amide bonds. The van der Waals surface area contributed by atoms with Gasteiger partial charge in [0.25, 0.3) is 11.5 Å². The van der Waals surface area contributed by atoms with Crippen LogP contribution in [0.3, 0.4) is 0 Å². The minimum atomic E-state index is -0.532. The number of pyridine rings is 1. The van der Waals surface area contributed by atoms with Crippen LogP contribution in [0.2, 0.25) is 5.02 Å². The van der Waals surface area contributed by atoms with Crippen molar-refractivity contribution in [2.45, 2.75) is 13.0 Å². The fourth-order valence-electron chi connectivity index (χ4n) is 3.36. The third kappa shape index (κ3) is 3.51. The highest BCUT2D eigenvalue weighted by Crippen LogP contribution is 2.25. The Bertz CT molecular complexity index is 1300. The number of nitrogen functional groups attached to an aromatic ring is 1. The molecule has 3 N–H and O–H groups in total. The molecule has 1 unspecified atom stereocenters. The molecule has 4 rings (SSSR count). The van der Waals surface area contributed by atoms with Crippen LogP contribution in [-0.2, 0) is 0 Å². The lowest BCUT2D eigenvalue weighted by atomic mass is 10.1. The van der Waals surface area contributed by atoms with E-state index in [-0.39, 0.29) is 17.1 Å². The molecule has 0 saturated heterocycles. The Morgan fingerprint density at radius 2 is 1.83 bits per heavy atom. The molecular weight excluding hydrogens is 402 g/mol. The molecule has 0 aliphatic carbocycles. The number of hydrogen-bond donors (Lipinski definition) is 2. The first-order valence-electron chi connectivity index (χ1n) is 9.24. The van der Waals surface area contributed by atoms with Crippen LogP contribution in [0.5, 0.6) is 0 Å². The Morgan fingerprint density at radius 3 is 2.57 bits per heavy atom. The van der Waals surface area contributed by atoms with Gasteiger partial charge in [-0.3, -0.25) is 14.2 Å². The summed E-state index contributed by atoms with van der Waals surface area (Å²) in [6, 6.07) is 15.8. The molecule has 0 spiro atoms. The van der Waals surface area contributed by atoms with Crippen molar-refractivity contribution in [3.05, 3.63) is 93.8 Å². The van der Waals surface area contributed by atoms with E-state index in [2.05, 4.69) is 15.3 Å². The molecule has 2 aromatic carbocycles. The summed E-state index contributed by atoms with van der Waals surface area (Å²) < 4.78 is 1.55. The summed E-state index contributed by atoms with van der Waals surface area (Å²) in [7, 11) is 0. The number of benzene rings is 2. The van der Waals surface area contributed by atoms with Crippen LogP contribution < -0.4 is 16.6 Å². The van der Waals surface area contributed by atoms with Crippen molar-refractivity contribution in [2.75, 3.05) is 5.73 Å². The first-order valence-corrected chi connectivity index (χ1v) is 9.62. The van der Waals surface area contributed by atoms with E-state index < -0.39 is 11.9 Å². The van der Waals surface area contributed by atoms with E-state index in [4.69, 9.17) is 17.3 Å². The van der Waals surface area contributed by atoms with Gasteiger partial charge in [-0.15, -0.1) is 0 Å². The van der Waals surface area contributed by atoms with E-state index in [1.54, 1.807) is 23.6 Å². The van der Waals surface area contributed by atoms with Gasteiger partial charge in [0.15, 0.2) is 11.5 Å². The third-order valence-electron chi connectivity index (χ3n) is 4.77. The first kappa shape index (κ1) is 19.6. The fraction of sp³-hybridized carbons (Fsp3) is 0.0909. The van der Waals surface area contributed by atoms with E-state index in [0.29, 0.717) is 27.2 Å². The quantitative estimate of drug-likeness (QED) is 0.527. The van der Waals surface area contributed by atoms with Gasteiger partial charge in [-0.2, -0.15) is 0 Å². The number of aromatic nitrogens is 3. The van der Waals surface area contributed by atoms with Gasteiger partial charge in [0.2, 0.25) is 0 Å². The number of carbonyl (C=O) groups is 1. The van der Waals surface area contributed by atoms with Crippen molar-refractivity contribution in [3.8, 4) is 5.69 Å². The zero-order chi connectivity index (χ0) is 21.3. The van der Waals surface area contributed by atoms with Gasteiger partial charge in [-0.1, -0.05) is 41.9 Å². The predicted octanol–water partition coefficient (Wildman–Crippen LogP) is 3.51. The summed E-state index contributed by atoms with van der Waals surface area (Å²) in [6.45, 7) is 1.79. The van der Waals surface area contributed by atoms with Gasteiger partial charge in [-0.25, -0.2) is 9.97 Å². The van der Waals surface area contributed by atoms with Crippen molar-refractivity contribution >= 4 is 34.1 Å². The van der Waals surface area contributed by atoms with Crippen molar-refractivity contribution in [3.63, 3.8) is 0 Å². The average Bonchev–Trinajstić information content (AvgIpc) is 2.74. The Balaban J connectivity index is 1.86. The molecule has 1 atom stereocenters. The minimum absolute atomic E-state index is 0.0294. The zero-order valence-electron chi connectivity index (χ0n) is 16.0. The zero-order valence-corrected chi connectivity index (χ0v) is 16.8. The highest BCUT2D eigenvalue weighted by molar-refractivity contribution is 6.35. The van der Waals surface area contributed by atoms with E-state index in [9.17, 15) is 9.59 Å². The summed E-state index contributed by atoms with van der Waals surface area (Å²) in [4.78, 5) is 34.0. The lowest BCUT2D eigenvalue weighted by Gasteiger charge is -2.21. The number of nitrogens with zero attached hydrogens (tertiary/aromatic N) is 3. The molecule has 0 saturated carbocycles. The highest BCUT2D eigenvalue weighted by Gasteiger charge is 2.21. The van der Waals surface area contributed by atoms with E-state index in [0.717, 1.165) is 0 Å². The van der Waals surface area contributed by atoms with Crippen molar-refractivity contribution in [1.82, 2.24) is 19.9 Å². The van der Waals surface area contributed by atoms with Crippen LogP contribution >= 0.6 is 11.6 Å². The fourth-order valence-corrected chi connectivity index (χ4v) is 3.63. The number of anilines is 1. The number of halogens is 1.